The maximum atomic E-state index is 9.09. The standard InChI is InChI=1S/C66H42N6.C42H28BN4O2.C24H15ClN2/c1-4-16-43(17-5-1)58-42-60(44-18-6-2-7-19-44)69-63-57(58)35-33-46-34-36-59(68-62(46)63)53-28-11-25-50(39-53)48-23-10-24-49(38-48)51-26-12-29-54(40-51)65-70-64(47-20-8-3-9-21-47)71-66(72-65)55-30-13-27-52(41-55)56-32-14-22-45-31-15-37-67-61(45)56;48-43-49-37-21-7-16-33(27-37)31-14-4-13-30(24-31)32-15-5-18-35(25-32)41-45-40(29-10-2-1-3-11-29)46-42(47-41)36-19-6-17-34(26-36)38-22-8-12-28-20-9-23-44-39(28)38;25-22-14-12-18-11-13-19-20(16-7-3-1-4-8-16)15-21(17-9-5-2-6-10-17)26-24(19)23(18)27-22/h1-42H;1-27,48H;1-15H. The van der Waals surface area contributed by atoms with E-state index >= 15 is 0 Å². The van der Waals surface area contributed by atoms with E-state index in [-0.39, 0.29) is 0 Å². The van der Waals surface area contributed by atoms with E-state index in [0.29, 0.717) is 53.5 Å². The van der Waals surface area contributed by atoms with Crippen molar-refractivity contribution in [2.75, 3.05) is 0 Å². The summed E-state index contributed by atoms with van der Waals surface area (Å²) in [6.45, 7) is 0. The Morgan fingerprint density at radius 2 is 0.453 bits per heavy atom. The molecule has 0 saturated heterocycles. The van der Waals surface area contributed by atoms with Crippen molar-refractivity contribution in [3.63, 3.8) is 0 Å². The van der Waals surface area contributed by atoms with Crippen molar-refractivity contribution in [3.05, 3.63) is 515 Å². The van der Waals surface area contributed by atoms with E-state index in [0.717, 1.165) is 222 Å². The van der Waals surface area contributed by atoms with E-state index in [1.54, 1.807) is 6.07 Å². The summed E-state index contributed by atoms with van der Waals surface area (Å²) < 4.78 is 5.19. The minimum atomic E-state index is 0.475. The first-order valence-corrected chi connectivity index (χ1v) is 49.2. The van der Waals surface area contributed by atoms with Crippen LogP contribution in [-0.2, 0) is 0 Å². The lowest BCUT2D eigenvalue weighted by atomic mass is 9.96. The Bertz CT molecular complexity index is 9460. The van der Waals surface area contributed by atoms with Crippen LogP contribution >= 0.6 is 11.6 Å². The highest BCUT2D eigenvalue weighted by molar-refractivity contribution is 6.30. The summed E-state index contributed by atoms with van der Waals surface area (Å²) in [6.07, 6.45) is 3.67. The van der Waals surface area contributed by atoms with E-state index in [2.05, 4.69) is 338 Å². The molecule has 695 valence electrons. The summed E-state index contributed by atoms with van der Waals surface area (Å²) in [4.78, 5) is 60.0. The molecule has 26 rings (SSSR count). The van der Waals surface area contributed by atoms with E-state index in [1.165, 1.54) is 0 Å². The fourth-order valence-corrected chi connectivity index (χ4v) is 19.4. The van der Waals surface area contributed by atoms with Crippen LogP contribution in [-0.4, -0.2) is 72.5 Å². The van der Waals surface area contributed by atoms with Gasteiger partial charge in [0.1, 0.15) is 10.9 Å². The van der Waals surface area contributed by atoms with Gasteiger partial charge in [-0.15, -0.1) is 0 Å². The molecule has 0 unspecified atom stereocenters. The molecule has 0 bridgehead atoms. The Morgan fingerprint density at radius 1 is 0.176 bits per heavy atom. The molecule has 8 aromatic heterocycles. The molecule has 148 heavy (non-hydrogen) atoms. The van der Waals surface area contributed by atoms with Crippen molar-refractivity contribution in [2.24, 2.45) is 0 Å². The number of hydrogen-bond acceptors (Lipinski definition) is 14. The minimum Gasteiger partial charge on any atom is -0.537 e. The number of rotatable bonds is 19. The van der Waals surface area contributed by atoms with Crippen LogP contribution in [0.5, 0.6) is 5.75 Å². The SMILES string of the molecule is Clc1ccc2ccc3c(-c4ccccc4)cc(-c4ccccc4)nc3c2n1.O[B]Oc1cccc(-c2cccc(-c3cccc(-c4nc(-c5ccccc5)nc(-c5cccc(-c6cccc7cccnc67)c5)n4)c3)c2)c1.c1ccc(-c2cc(-c3ccccc3)c3ccc4ccc(-c5cccc(-c6cccc(-c7cccc(-c8nc(-c9ccccc9)nc(-c9cccc(-c%10cccc%11cccnc%10%11)c9)n8)c7)c6)c5)nc4c3n2)cc1. The van der Waals surface area contributed by atoms with Crippen LogP contribution in [0.25, 0.3) is 257 Å². The van der Waals surface area contributed by atoms with Crippen molar-refractivity contribution >= 4 is 84.7 Å². The molecule has 26 aromatic rings. The van der Waals surface area contributed by atoms with Crippen LogP contribution in [0.4, 0.5) is 0 Å². The Balaban J connectivity index is 0.000000132. The van der Waals surface area contributed by atoms with Gasteiger partial charge in [0.05, 0.1) is 50.2 Å². The topological polar surface area (TPSA) is 184 Å². The largest absolute Gasteiger partial charge is 0.569 e. The molecular formula is C132H85BClN12O2. The predicted octanol–water partition coefficient (Wildman–Crippen LogP) is 32.6. The molecule has 0 fully saturated rings. The zero-order valence-electron chi connectivity index (χ0n) is 79.7. The molecule has 0 spiro atoms. The average Bonchev–Trinajstić information content (AvgIpc) is 0.752. The van der Waals surface area contributed by atoms with E-state index in [9.17, 15) is 0 Å². The monoisotopic (exact) mass is 1920 g/mol. The first-order valence-electron chi connectivity index (χ1n) is 48.8. The first kappa shape index (κ1) is 91.1. The third-order valence-corrected chi connectivity index (χ3v) is 26.7. The second kappa shape index (κ2) is 41.2. The third kappa shape index (κ3) is 19.3. The van der Waals surface area contributed by atoms with Crippen molar-refractivity contribution < 1.29 is 9.68 Å². The number of hydrogen-bond donors (Lipinski definition) is 1. The molecule has 0 aliphatic rings. The van der Waals surface area contributed by atoms with E-state index in [4.69, 9.17) is 71.1 Å². The molecule has 0 saturated carbocycles. The van der Waals surface area contributed by atoms with Crippen LogP contribution in [0.2, 0.25) is 5.15 Å². The third-order valence-electron chi connectivity index (χ3n) is 26.5. The Labute approximate surface area is 860 Å². The van der Waals surface area contributed by atoms with Gasteiger partial charge in [-0.25, -0.2) is 49.8 Å². The highest BCUT2D eigenvalue weighted by Gasteiger charge is 2.23. The lowest BCUT2D eigenvalue weighted by Gasteiger charge is -2.13. The number of nitrogens with zero attached hydrogens (tertiary/aromatic N) is 12. The normalized spacial score (nSPS) is 11.2. The predicted molar refractivity (Wildman–Crippen MR) is 604 cm³/mol. The van der Waals surface area contributed by atoms with Gasteiger partial charge in [-0.05, 0) is 175 Å². The number of halogens is 1. The zero-order valence-corrected chi connectivity index (χ0v) is 80.4. The molecule has 1 radical (unpaired) electrons. The number of para-hydroxylation sites is 2. The molecule has 8 heterocycles. The molecular weight excluding hydrogens is 1830 g/mol. The van der Waals surface area contributed by atoms with Gasteiger partial charge in [0, 0.05) is 106 Å². The lowest BCUT2D eigenvalue weighted by Crippen LogP contribution is -2.00. The lowest BCUT2D eigenvalue weighted by molar-refractivity contribution is 0.454. The van der Waals surface area contributed by atoms with Gasteiger partial charge in [-0.3, -0.25) is 9.97 Å². The Kier molecular flexibility index (Phi) is 25.4. The quantitative estimate of drug-likeness (QED) is 0.0458. The fraction of sp³-hybridized carbons (Fsp3) is 0. The first-order chi connectivity index (χ1) is 73.2. The second-order valence-electron chi connectivity index (χ2n) is 35.9. The Hall–Kier alpha value is -19.4. The van der Waals surface area contributed by atoms with Crippen LogP contribution < -0.4 is 4.65 Å². The Morgan fingerprint density at radius 3 is 0.851 bits per heavy atom. The molecule has 18 aromatic carbocycles. The number of benzene rings is 18. The number of aromatic nitrogens is 12. The van der Waals surface area contributed by atoms with Gasteiger partial charge in [0.15, 0.2) is 34.9 Å². The van der Waals surface area contributed by atoms with Gasteiger partial charge >= 0.3 is 7.69 Å². The molecule has 0 amide bonds. The highest BCUT2D eigenvalue weighted by Crippen LogP contribution is 2.43. The average molecular weight is 1920 g/mol. The van der Waals surface area contributed by atoms with Gasteiger partial charge in [0.2, 0.25) is 0 Å². The molecule has 14 nitrogen and oxygen atoms in total. The maximum absolute atomic E-state index is 9.09. The van der Waals surface area contributed by atoms with Crippen molar-refractivity contribution in [3.8, 4) is 197 Å². The summed E-state index contributed by atoms with van der Waals surface area (Å²) in [7, 11) is 0.691. The molecule has 1 N–H and O–H groups in total. The van der Waals surface area contributed by atoms with Crippen molar-refractivity contribution in [1.82, 2.24) is 59.8 Å². The van der Waals surface area contributed by atoms with Crippen LogP contribution in [0.3, 0.4) is 0 Å². The van der Waals surface area contributed by atoms with Gasteiger partial charge in [0.25, 0.3) is 0 Å². The van der Waals surface area contributed by atoms with Crippen LogP contribution in [0.1, 0.15) is 0 Å². The fourth-order valence-electron chi connectivity index (χ4n) is 19.2. The summed E-state index contributed by atoms with van der Waals surface area (Å²) in [5, 5.41) is 16.0. The minimum absolute atomic E-state index is 0.475. The van der Waals surface area contributed by atoms with Gasteiger partial charge in [-0.1, -0.05) is 412 Å². The number of fused-ring (bicyclic) bond motifs is 8. The van der Waals surface area contributed by atoms with E-state index < -0.39 is 0 Å². The summed E-state index contributed by atoms with van der Waals surface area (Å²) in [5.41, 5.74) is 33.9. The summed E-state index contributed by atoms with van der Waals surface area (Å²) >= 11 is 6.19. The number of pyridine rings is 6. The van der Waals surface area contributed by atoms with Crippen molar-refractivity contribution in [1.29, 1.82) is 0 Å². The van der Waals surface area contributed by atoms with Crippen LogP contribution in [0, 0.1) is 0 Å². The zero-order chi connectivity index (χ0) is 99.0. The van der Waals surface area contributed by atoms with Crippen LogP contribution in [0.15, 0.2) is 510 Å². The van der Waals surface area contributed by atoms with E-state index in [1.807, 2.05) is 176 Å². The van der Waals surface area contributed by atoms with Gasteiger partial charge < -0.3 is 9.68 Å². The van der Waals surface area contributed by atoms with Gasteiger partial charge in [-0.2, -0.15) is 0 Å². The molecule has 0 aliphatic carbocycles. The molecule has 0 atom stereocenters. The summed E-state index contributed by atoms with van der Waals surface area (Å²) in [6, 6.07) is 170. The smallest absolute Gasteiger partial charge is 0.537 e. The second-order valence-corrected chi connectivity index (χ2v) is 36.3. The summed E-state index contributed by atoms with van der Waals surface area (Å²) in [5.74, 6) is 4.15. The molecule has 16 heteroatoms. The maximum Gasteiger partial charge on any atom is 0.569 e. The molecule has 0 aliphatic heterocycles. The highest BCUT2D eigenvalue weighted by atomic mass is 35.5. The van der Waals surface area contributed by atoms with Crippen molar-refractivity contribution in [2.45, 2.75) is 0 Å².